The van der Waals surface area contributed by atoms with Crippen molar-refractivity contribution in [3.8, 4) is 22.5 Å². The molecule has 8 aromatic rings. The Bertz CT molecular complexity index is 2830. The third-order valence-electron chi connectivity index (χ3n) is 12.5. The van der Waals surface area contributed by atoms with Crippen LogP contribution in [0.2, 0.25) is 0 Å². The molecule has 10 rings (SSSR count). The molecule has 8 heterocycles. The van der Waals surface area contributed by atoms with Crippen LogP contribution in [0.3, 0.4) is 0 Å². The maximum atomic E-state index is 14.0. The van der Waals surface area contributed by atoms with E-state index in [1.165, 1.54) is 29.7 Å². The SMILES string of the molecule is C.CCc1cnc(NC[C@@H]2[C@H](C)CCCN2C(=O)c2c(-c3ccccc3)nc3sccn23)nc1.CCc1cnc(NC[C@H]2NCCC[C@H]2C)nc1.O=C(O)c1c(-c2ccccc2)nc2sccn12.[2HH]. The van der Waals surface area contributed by atoms with Crippen LogP contribution in [0.4, 0.5) is 11.9 Å². The number of aromatic nitrogens is 8. The lowest BCUT2D eigenvalue weighted by Crippen LogP contribution is -2.51. The number of carboxylic acids is 1. The van der Waals surface area contributed by atoms with Gasteiger partial charge in [0.1, 0.15) is 17.1 Å². The van der Waals surface area contributed by atoms with Crippen molar-refractivity contribution in [2.75, 3.05) is 36.8 Å². The normalized spacial score (nSPS) is 17.9. The van der Waals surface area contributed by atoms with Crippen LogP contribution in [0.1, 0.15) is 94.3 Å². The summed E-state index contributed by atoms with van der Waals surface area (Å²) in [6, 6.07) is 19.9. The van der Waals surface area contributed by atoms with Crippen LogP contribution in [-0.4, -0.2) is 98.9 Å². The van der Waals surface area contributed by atoms with Crippen molar-refractivity contribution in [3.63, 3.8) is 0 Å². The van der Waals surface area contributed by atoms with Crippen molar-refractivity contribution in [3.05, 3.63) is 131 Å². The number of nitrogens with zero attached hydrogens (tertiary/aromatic N) is 9. The Hall–Kier alpha value is -6.56. The predicted molar refractivity (Wildman–Crippen MR) is 276 cm³/mol. The van der Waals surface area contributed by atoms with Gasteiger partial charge in [-0.1, -0.05) is 95.8 Å². The summed E-state index contributed by atoms with van der Waals surface area (Å²) in [6.07, 6.45) is 17.8. The van der Waals surface area contributed by atoms with E-state index in [1.54, 1.807) is 21.9 Å². The highest BCUT2D eigenvalue weighted by Gasteiger charge is 2.35. The molecule has 0 aliphatic carbocycles. The summed E-state index contributed by atoms with van der Waals surface area (Å²) < 4.78 is 3.54. The molecule has 17 heteroatoms. The molecule has 4 atom stereocenters. The first-order valence-electron chi connectivity index (χ1n) is 23.1. The molecule has 6 aromatic heterocycles. The zero-order valence-corrected chi connectivity index (χ0v) is 40.0. The second-order valence-corrected chi connectivity index (χ2v) is 18.7. The number of fused-ring (bicyclic) bond motifs is 2. The number of hydrogen-bond donors (Lipinski definition) is 4. The first-order valence-corrected chi connectivity index (χ1v) is 24.9. The van der Waals surface area contributed by atoms with Gasteiger partial charge >= 0.3 is 5.97 Å². The first kappa shape index (κ1) is 49.3. The quantitative estimate of drug-likeness (QED) is 0.0912. The largest absolute Gasteiger partial charge is 0.476 e. The van der Waals surface area contributed by atoms with Crippen molar-refractivity contribution >= 4 is 56.4 Å². The summed E-state index contributed by atoms with van der Waals surface area (Å²) in [4.78, 5) is 55.5. The summed E-state index contributed by atoms with van der Waals surface area (Å²) in [5, 5.41) is 23.3. The number of rotatable bonds is 12. The van der Waals surface area contributed by atoms with Crippen LogP contribution in [0, 0.1) is 11.8 Å². The van der Waals surface area contributed by atoms with E-state index in [2.05, 4.69) is 68.6 Å². The fourth-order valence-electron chi connectivity index (χ4n) is 8.56. The lowest BCUT2D eigenvalue weighted by molar-refractivity contribution is 0.0533. The van der Waals surface area contributed by atoms with E-state index in [-0.39, 0.29) is 26.5 Å². The summed E-state index contributed by atoms with van der Waals surface area (Å²) in [6.45, 7) is 12.1. The standard InChI is InChI=1S/C25H28N6OS.C13H22N4.C12H8N2O2S.CH4.H2/c1-3-18-14-26-24(27-15-18)28-16-20-17(2)8-7-11-30(20)23(32)22-21(19-9-5-4-6-10-19)29-25-31(22)12-13-33-25;1-3-11-7-15-13(16-8-11)17-9-12-10(2)5-4-6-14-12;15-11(16)10-9(8-4-2-1-3-5-8)13-12-14(10)6-7-17-12;;/h4-6,9-10,12-15,17,20H,3,7-8,11,16H2,1-2H3,(H,26,27,28);7-8,10,12,14H,3-6,9H2,1-2H3,(H,15,16,17);1-7H,(H,15,16);1H4;1H/t17-,20-;10-,12-;;;/m11.../s1/i;;;;1+1. The number of aromatic carboxylic acids is 1. The number of carbonyl (C=O) groups is 2. The second-order valence-electron chi connectivity index (χ2n) is 16.9. The second kappa shape index (κ2) is 23.4. The molecule has 0 radical (unpaired) electrons. The van der Waals surface area contributed by atoms with Crippen LogP contribution in [0.25, 0.3) is 32.4 Å². The minimum Gasteiger partial charge on any atom is -0.476 e. The molecule has 0 spiro atoms. The van der Waals surface area contributed by atoms with E-state index in [0.29, 0.717) is 40.8 Å². The van der Waals surface area contributed by atoms with Gasteiger partial charge in [0.05, 0.1) is 6.04 Å². The van der Waals surface area contributed by atoms with Gasteiger partial charge in [0.15, 0.2) is 15.6 Å². The third kappa shape index (κ3) is 11.6. The molecule has 2 aliphatic rings. The van der Waals surface area contributed by atoms with Gasteiger partial charge in [-0.3, -0.25) is 13.6 Å². The molecule has 1 amide bonds. The monoisotopic (exact) mass is 957 g/mol. The molecular weight excluding hydrogens is 893 g/mol. The highest BCUT2D eigenvalue weighted by Crippen LogP contribution is 2.32. The molecule has 15 nitrogen and oxygen atoms in total. The molecule has 0 bridgehead atoms. The molecule has 0 unspecified atom stereocenters. The van der Waals surface area contributed by atoms with Gasteiger partial charge in [0.25, 0.3) is 5.91 Å². The molecule has 358 valence electrons. The number of piperidine rings is 2. The lowest BCUT2D eigenvalue weighted by Gasteiger charge is -2.40. The van der Waals surface area contributed by atoms with Crippen molar-refractivity contribution in [1.82, 2.24) is 48.9 Å². The molecule has 68 heavy (non-hydrogen) atoms. The van der Waals surface area contributed by atoms with Crippen molar-refractivity contribution in [2.24, 2.45) is 11.8 Å². The number of imidazole rings is 2. The third-order valence-corrected chi connectivity index (χ3v) is 14.0. The number of thiazole rings is 2. The lowest BCUT2D eigenvalue weighted by atomic mass is 9.90. The molecule has 2 aliphatic heterocycles. The van der Waals surface area contributed by atoms with E-state index < -0.39 is 5.97 Å². The molecular formula is C51H64N12O3S2. The number of amides is 1. The number of hydrogen-bond acceptors (Lipinski definition) is 13. The van der Waals surface area contributed by atoms with Crippen LogP contribution in [-0.2, 0) is 12.8 Å². The zero-order chi connectivity index (χ0) is 46.7. The Kier molecular flexibility index (Phi) is 17.0. The van der Waals surface area contributed by atoms with E-state index >= 15 is 0 Å². The predicted octanol–water partition coefficient (Wildman–Crippen LogP) is 10.3. The van der Waals surface area contributed by atoms with Gasteiger partial charge in [0.2, 0.25) is 11.9 Å². The van der Waals surface area contributed by atoms with Crippen molar-refractivity contribution in [2.45, 2.75) is 85.7 Å². The molecule has 4 N–H and O–H groups in total. The Labute approximate surface area is 407 Å². The minimum atomic E-state index is -0.963. The maximum Gasteiger partial charge on any atom is 0.355 e. The van der Waals surface area contributed by atoms with Gasteiger partial charge in [0, 0.05) is 86.2 Å². The molecule has 2 aromatic carbocycles. The average Bonchev–Trinajstić information content (AvgIpc) is 4.17. The fourth-order valence-corrected chi connectivity index (χ4v) is 9.99. The smallest absolute Gasteiger partial charge is 0.355 e. The highest BCUT2D eigenvalue weighted by molar-refractivity contribution is 7.15. The van der Waals surface area contributed by atoms with Gasteiger partial charge < -0.3 is 26.0 Å². The van der Waals surface area contributed by atoms with Crippen LogP contribution in [0.5, 0.6) is 0 Å². The van der Waals surface area contributed by atoms with E-state index in [0.717, 1.165) is 84.5 Å². The Morgan fingerprint density at radius 2 is 1.22 bits per heavy atom. The summed E-state index contributed by atoms with van der Waals surface area (Å²) in [5.41, 5.74) is 6.19. The molecule has 0 saturated carbocycles. The number of aryl methyl sites for hydroxylation is 2. The van der Waals surface area contributed by atoms with E-state index in [9.17, 15) is 14.7 Å². The number of benzene rings is 2. The average molecular weight is 958 g/mol. The van der Waals surface area contributed by atoms with Gasteiger partial charge in [-0.05, 0) is 68.0 Å². The Morgan fingerprint density at radius 1 is 0.721 bits per heavy atom. The van der Waals surface area contributed by atoms with Crippen LogP contribution < -0.4 is 16.0 Å². The van der Waals surface area contributed by atoms with Crippen molar-refractivity contribution in [1.29, 1.82) is 0 Å². The van der Waals surface area contributed by atoms with Gasteiger partial charge in [-0.2, -0.15) is 0 Å². The highest BCUT2D eigenvalue weighted by atomic mass is 32.1. The molecule has 2 saturated heterocycles. The number of nitrogens with one attached hydrogen (secondary N) is 3. The number of anilines is 2. The van der Waals surface area contributed by atoms with Gasteiger partial charge in [-0.15, -0.1) is 22.7 Å². The number of likely N-dealkylation sites (tertiary alicyclic amines) is 1. The Morgan fingerprint density at radius 3 is 1.74 bits per heavy atom. The minimum absolute atomic E-state index is 0. The fraction of sp³-hybridized carbons (Fsp3) is 0.373. The van der Waals surface area contributed by atoms with Crippen LogP contribution >= 0.6 is 22.7 Å². The summed E-state index contributed by atoms with van der Waals surface area (Å²) in [7, 11) is 0. The van der Waals surface area contributed by atoms with E-state index in [1.807, 2.05) is 112 Å². The zero-order valence-electron chi connectivity index (χ0n) is 38.4. The topological polar surface area (TPSA) is 180 Å². The maximum absolute atomic E-state index is 14.0. The van der Waals surface area contributed by atoms with E-state index in [4.69, 9.17) is 4.98 Å². The van der Waals surface area contributed by atoms with Gasteiger partial charge in [-0.25, -0.2) is 34.7 Å². The van der Waals surface area contributed by atoms with Crippen LogP contribution in [0.15, 0.2) is 109 Å². The number of carboxylic acid groups (broad SMARTS) is 1. The van der Waals surface area contributed by atoms with Crippen molar-refractivity contribution < 1.29 is 16.1 Å². The first-order chi connectivity index (χ1) is 32.7. The molecule has 2 fully saturated rings. The Balaban J connectivity index is 0.000000184. The number of carbonyl (C=O) groups excluding carboxylic acids is 1. The summed E-state index contributed by atoms with van der Waals surface area (Å²) >= 11 is 2.97. The summed E-state index contributed by atoms with van der Waals surface area (Å²) in [5.74, 6) is 1.51.